The van der Waals surface area contributed by atoms with Gasteiger partial charge in [0, 0.05) is 37.2 Å². The maximum absolute atomic E-state index is 15.3. The molecule has 5 aromatic rings. The molecule has 2 heterocycles. The number of thioether (sulfide) groups is 1. The fourth-order valence-corrected chi connectivity index (χ4v) is 11.0. The van der Waals surface area contributed by atoms with E-state index in [0.717, 1.165) is 57.7 Å². The first-order valence-electron chi connectivity index (χ1n) is 22.5. The van der Waals surface area contributed by atoms with Gasteiger partial charge in [0.25, 0.3) is 0 Å². The second kappa shape index (κ2) is 22.1. The van der Waals surface area contributed by atoms with Crippen molar-refractivity contribution in [1.29, 1.82) is 0 Å². The molecule has 1 aliphatic rings. The monoisotopic (exact) mass is 917 g/mol. The van der Waals surface area contributed by atoms with Crippen LogP contribution in [0.5, 0.6) is 0 Å². The quantitative estimate of drug-likeness (QED) is 0.0474. The van der Waals surface area contributed by atoms with Crippen molar-refractivity contribution < 1.29 is 29.0 Å². The number of aliphatic hydroxyl groups excluding tert-OH is 1. The van der Waals surface area contributed by atoms with Gasteiger partial charge in [0.2, 0.25) is 17.7 Å². The minimum Gasteiger partial charge on any atom is -0.444 e. The molecule has 4 aromatic carbocycles. The molecular weight excluding hydrogens is 855 g/mol. The van der Waals surface area contributed by atoms with Crippen LogP contribution in [-0.2, 0) is 30.4 Å². The van der Waals surface area contributed by atoms with Gasteiger partial charge in [-0.05, 0) is 82.2 Å². The smallest absolute Gasteiger partial charge is 0.407 e. The lowest BCUT2D eigenvalue weighted by molar-refractivity contribution is -0.142. The molecule has 0 unspecified atom stereocenters. The molecule has 0 radical (unpaired) electrons. The first-order chi connectivity index (χ1) is 31.1. The third-order valence-electron chi connectivity index (χ3n) is 11.5. The molecular formula is C52H63N5O6S2. The second-order valence-electron chi connectivity index (χ2n) is 18.2. The Hall–Kier alpha value is -5.50. The molecule has 1 saturated heterocycles. The van der Waals surface area contributed by atoms with Gasteiger partial charge < -0.3 is 30.7 Å². The number of thiazole rings is 1. The Morgan fingerprint density at radius 1 is 0.800 bits per heavy atom. The van der Waals surface area contributed by atoms with Crippen LogP contribution in [0.1, 0.15) is 101 Å². The van der Waals surface area contributed by atoms with Gasteiger partial charge in [-0.2, -0.15) is 0 Å². The average molecular weight is 918 g/mol. The number of unbranched alkanes of at least 4 members (excludes halogenated alkanes) is 3. The van der Waals surface area contributed by atoms with Gasteiger partial charge in [0.05, 0.1) is 26.9 Å². The van der Waals surface area contributed by atoms with Crippen LogP contribution >= 0.6 is 23.1 Å². The fourth-order valence-electron chi connectivity index (χ4n) is 8.32. The standard InChI is InChI=1S/C52H63N5O6S2/c1-36-45(64-35-55-36)38-29-27-37(28-30-38)33-54-47(60)43-32-42(58)34-57(43)48(61)46(56-44(59)26-18-7-8-19-31-53-49(62)63-50(2,3)4)51(5,6)65-52(39-20-12-9-13-21-39,40-22-14-10-15-23-40)41-24-16-11-17-25-41/h9-17,20-25,27-30,35,42-43,46,58H,7-8,18-19,26,31-34H2,1-6H3,(H,53,62)(H,54,60)(H,56,59)/t42-,43+,46-/m1/s1. The molecule has 344 valence electrons. The third-order valence-corrected chi connectivity index (χ3v) is 14.2. The highest BCUT2D eigenvalue weighted by Gasteiger charge is 2.50. The number of β-amino-alcohol motifs (C(OH)–C–C–N with tert-alkyl or cyclic N) is 1. The second-order valence-corrected chi connectivity index (χ2v) is 20.9. The summed E-state index contributed by atoms with van der Waals surface area (Å²) >= 11 is 3.16. The largest absolute Gasteiger partial charge is 0.444 e. The highest BCUT2D eigenvalue weighted by Crippen LogP contribution is 2.54. The Labute approximate surface area is 392 Å². The molecule has 1 fully saturated rings. The van der Waals surface area contributed by atoms with Crippen molar-refractivity contribution in [2.24, 2.45) is 0 Å². The molecule has 4 amide bonds. The normalized spacial score (nSPS) is 15.8. The Kier molecular flexibility index (Phi) is 16.7. The number of hydrogen-bond acceptors (Lipinski definition) is 9. The van der Waals surface area contributed by atoms with Crippen LogP contribution in [0.4, 0.5) is 4.79 Å². The van der Waals surface area contributed by atoms with E-state index in [-0.39, 0.29) is 37.7 Å². The molecule has 6 rings (SSSR count). The third kappa shape index (κ3) is 12.9. The number of nitrogens with one attached hydrogen (secondary N) is 3. The molecule has 0 saturated carbocycles. The van der Waals surface area contributed by atoms with E-state index in [4.69, 9.17) is 4.74 Å². The topological polar surface area (TPSA) is 150 Å². The van der Waals surface area contributed by atoms with E-state index in [1.807, 2.05) is 126 Å². The summed E-state index contributed by atoms with van der Waals surface area (Å²) in [5.41, 5.74) is 7.14. The van der Waals surface area contributed by atoms with Crippen LogP contribution in [0.3, 0.4) is 0 Å². The summed E-state index contributed by atoms with van der Waals surface area (Å²) in [6, 6.07) is 36.4. The van der Waals surface area contributed by atoms with Crippen LogP contribution < -0.4 is 16.0 Å². The van der Waals surface area contributed by atoms with Gasteiger partial charge >= 0.3 is 6.09 Å². The minimum absolute atomic E-state index is 0.0501. The van der Waals surface area contributed by atoms with Crippen molar-refractivity contribution in [2.45, 2.75) is 120 Å². The minimum atomic E-state index is -1.10. The lowest BCUT2D eigenvalue weighted by Gasteiger charge is -2.45. The van der Waals surface area contributed by atoms with E-state index in [1.165, 1.54) is 4.90 Å². The number of aliphatic hydroxyl groups is 1. The number of nitrogens with zero attached hydrogens (tertiary/aromatic N) is 2. The van der Waals surface area contributed by atoms with Crippen molar-refractivity contribution in [3.63, 3.8) is 0 Å². The van der Waals surface area contributed by atoms with Crippen molar-refractivity contribution in [3.05, 3.63) is 149 Å². The van der Waals surface area contributed by atoms with Gasteiger partial charge in [0.15, 0.2) is 0 Å². The molecule has 0 aliphatic carbocycles. The summed E-state index contributed by atoms with van der Waals surface area (Å²) in [6.07, 6.45) is 1.70. The van der Waals surface area contributed by atoms with E-state index in [9.17, 15) is 19.5 Å². The number of likely N-dealkylation sites (tertiary alicyclic amines) is 1. The fraction of sp³-hybridized carbons (Fsp3) is 0.404. The van der Waals surface area contributed by atoms with E-state index in [0.29, 0.717) is 13.0 Å². The molecule has 4 N–H and O–H groups in total. The number of ether oxygens (including phenoxy) is 1. The highest BCUT2D eigenvalue weighted by atomic mass is 32.2. The molecule has 3 atom stereocenters. The number of carbonyl (C=O) groups is 4. The van der Waals surface area contributed by atoms with Gasteiger partial charge in [-0.3, -0.25) is 14.4 Å². The van der Waals surface area contributed by atoms with Gasteiger partial charge in [-0.25, -0.2) is 9.78 Å². The van der Waals surface area contributed by atoms with Gasteiger partial charge in [0.1, 0.15) is 17.7 Å². The maximum Gasteiger partial charge on any atom is 0.407 e. The predicted octanol–water partition coefficient (Wildman–Crippen LogP) is 9.16. The number of aromatic nitrogens is 1. The summed E-state index contributed by atoms with van der Waals surface area (Å²) in [5.74, 6) is -1.10. The zero-order chi connectivity index (χ0) is 46.6. The van der Waals surface area contributed by atoms with Crippen LogP contribution in [-0.4, -0.2) is 80.4 Å². The zero-order valence-electron chi connectivity index (χ0n) is 38.3. The molecule has 0 bridgehead atoms. The molecule has 11 nitrogen and oxygen atoms in total. The Balaban J connectivity index is 1.24. The van der Waals surface area contributed by atoms with Crippen molar-refractivity contribution in [2.75, 3.05) is 13.1 Å². The number of carbonyl (C=O) groups excluding carboxylic acids is 4. The number of rotatable bonds is 19. The predicted molar refractivity (Wildman–Crippen MR) is 260 cm³/mol. The number of amides is 4. The number of benzene rings is 4. The summed E-state index contributed by atoms with van der Waals surface area (Å²) in [4.78, 5) is 62.4. The Bertz CT molecular complexity index is 2240. The number of hydrogen-bond donors (Lipinski definition) is 4. The first kappa shape index (κ1) is 48.9. The lowest BCUT2D eigenvalue weighted by atomic mass is 9.84. The van der Waals surface area contributed by atoms with Crippen molar-refractivity contribution >= 4 is 46.9 Å². The molecule has 1 aromatic heterocycles. The van der Waals surface area contributed by atoms with E-state index in [1.54, 1.807) is 23.1 Å². The van der Waals surface area contributed by atoms with Crippen molar-refractivity contribution in [1.82, 2.24) is 25.8 Å². The molecule has 13 heteroatoms. The summed E-state index contributed by atoms with van der Waals surface area (Å²) in [7, 11) is 0. The van der Waals surface area contributed by atoms with E-state index in [2.05, 4.69) is 57.3 Å². The van der Waals surface area contributed by atoms with Crippen LogP contribution in [0.15, 0.2) is 121 Å². The van der Waals surface area contributed by atoms with E-state index < -0.39 is 45.3 Å². The Morgan fingerprint density at radius 3 is 1.91 bits per heavy atom. The summed E-state index contributed by atoms with van der Waals surface area (Å²) in [5, 5.41) is 20.0. The average Bonchev–Trinajstić information content (AvgIpc) is 3.91. The highest BCUT2D eigenvalue weighted by molar-refractivity contribution is 8.02. The van der Waals surface area contributed by atoms with E-state index >= 15 is 4.79 Å². The van der Waals surface area contributed by atoms with Crippen LogP contribution in [0, 0.1) is 6.92 Å². The lowest BCUT2D eigenvalue weighted by Crippen LogP contribution is -2.60. The molecule has 0 spiro atoms. The molecule has 1 aliphatic heterocycles. The number of aryl methyl sites for hydroxylation is 1. The first-order valence-corrected chi connectivity index (χ1v) is 24.2. The molecule has 65 heavy (non-hydrogen) atoms. The zero-order valence-corrected chi connectivity index (χ0v) is 40.0. The van der Waals surface area contributed by atoms with Gasteiger partial charge in [-0.15, -0.1) is 23.1 Å². The summed E-state index contributed by atoms with van der Waals surface area (Å²) in [6.45, 7) is 12.0. The van der Waals surface area contributed by atoms with Crippen molar-refractivity contribution in [3.8, 4) is 10.4 Å². The van der Waals surface area contributed by atoms with Gasteiger partial charge in [-0.1, -0.05) is 128 Å². The summed E-state index contributed by atoms with van der Waals surface area (Å²) < 4.78 is 3.48. The maximum atomic E-state index is 15.3. The number of alkyl carbamates (subject to hydrolysis) is 1. The van der Waals surface area contributed by atoms with Crippen LogP contribution in [0.25, 0.3) is 10.4 Å². The van der Waals surface area contributed by atoms with Crippen LogP contribution in [0.2, 0.25) is 0 Å². The SMILES string of the molecule is Cc1ncsc1-c1ccc(CNC(=O)[C@@H]2C[C@@H](O)CN2C(=O)[C@@H](NC(=O)CCCCCCNC(=O)OC(C)(C)C)C(C)(C)SC(c2ccccc2)(c2ccccc2)c2ccccc2)cc1. The Morgan fingerprint density at radius 2 is 1.37 bits per heavy atom.